The second kappa shape index (κ2) is 6.42. The van der Waals surface area contributed by atoms with E-state index in [1.54, 1.807) is 7.11 Å². The minimum atomic E-state index is -6.09. The first-order valence-corrected chi connectivity index (χ1v) is 6.68. The molecule has 0 fully saturated rings. The van der Waals surface area contributed by atoms with Crippen LogP contribution in [0.3, 0.4) is 0 Å². The van der Waals surface area contributed by atoms with Gasteiger partial charge >= 0.3 is 5.51 Å². The van der Waals surface area contributed by atoms with Crippen LogP contribution in [0.4, 0.5) is 18.9 Å². The van der Waals surface area contributed by atoms with E-state index in [1.807, 2.05) is 18.2 Å². The lowest BCUT2D eigenvalue weighted by Gasteiger charge is -2.24. The highest BCUT2D eigenvalue weighted by atomic mass is 32.2. The molecule has 0 radical (unpaired) electrons. The maximum Gasteiger partial charge on any atom is 0.485 e. The molecule has 0 aliphatic heterocycles. The minimum absolute atomic E-state index is 0.782. The largest absolute Gasteiger partial charge is 0.741 e. The van der Waals surface area contributed by atoms with Crippen LogP contribution in [-0.2, 0) is 10.1 Å². The first kappa shape index (κ1) is 18.7. The van der Waals surface area contributed by atoms with Gasteiger partial charge in [0.25, 0.3) is 0 Å². The maximum atomic E-state index is 10.7. The van der Waals surface area contributed by atoms with Gasteiger partial charge in [-0.25, -0.2) is 8.42 Å². The zero-order valence-corrected chi connectivity index (χ0v) is 12.2. The summed E-state index contributed by atoms with van der Waals surface area (Å²) in [6.07, 6.45) is 0. The predicted molar refractivity (Wildman–Crippen MR) is 68.3 cm³/mol. The van der Waals surface area contributed by atoms with Crippen LogP contribution in [0, 0.1) is 0 Å². The Labute approximate surface area is 115 Å². The Kier molecular flexibility index (Phi) is 6.00. The molecule has 0 aromatic heterocycles. The van der Waals surface area contributed by atoms with Gasteiger partial charge in [-0.3, -0.25) is 4.48 Å². The molecule has 0 bridgehead atoms. The van der Waals surface area contributed by atoms with E-state index in [-0.39, 0.29) is 0 Å². The second-order valence-electron chi connectivity index (χ2n) is 4.58. The fraction of sp³-hybridized carbons (Fsp3) is 0.455. The standard InChI is InChI=1S/C10H16NO.CHF3O3S/c1-11(2,3)9-7-5-6-8-10(9)12-4;2-1(3,4)8(5,6)7/h5-8H,1-4H3;(H,5,6,7)/q+1;/p-1. The number of hydrogen-bond donors (Lipinski definition) is 0. The molecule has 0 saturated carbocycles. The minimum Gasteiger partial charge on any atom is -0.741 e. The number of rotatable bonds is 2. The van der Waals surface area contributed by atoms with Crippen molar-refractivity contribution in [2.45, 2.75) is 5.51 Å². The number of methoxy groups -OCH3 is 1. The van der Waals surface area contributed by atoms with Crippen LogP contribution in [0.15, 0.2) is 24.3 Å². The Balaban J connectivity index is 0.000000396. The normalized spacial score (nSPS) is 12.4. The molecule has 116 valence electrons. The van der Waals surface area contributed by atoms with Crippen LogP contribution in [0.5, 0.6) is 5.75 Å². The van der Waals surface area contributed by atoms with Crippen LogP contribution >= 0.6 is 0 Å². The molecule has 5 nitrogen and oxygen atoms in total. The molecule has 0 aliphatic rings. The summed E-state index contributed by atoms with van der Waals surface area (Å²) >= 11 is 0. The van der Waals surface area contributed by atoms with E-state index in [0.29, 0.717) is 0 Å². The molecule has 0 saturated heterocycles. The van der Waals surface area contributed by atoms with Crippen molar-refractivity contribution in [1.29, 1.82) is 0 Å². The van der Waals surface area contributed by atoms with E-state index in [9.17, 15) is 13.2 Å². The van der Waals surface area contributed by atoms with Gasteiger partial charge in [-0.05, 0) is 6.07 Å². The molecule has 1 aromatic carbocycles. The summed E-state index contributed by atoms with van der Waals surface area (Å²) in [5, 5.41) is 0. The lowest BCUT2D eigenvalue weighted by molar-refractivity contribution is -0.0517. The first-order chi connectivity index (χ1) is 8.80. The number of ether oxygens (including phenoxy) is 1. The van der Waals surface area contributed by atoms with E-state index in [2.05, 4.69) is 27.2 Å². The molecule has 1 rings (SSSR count). The molecule has 0 N–H and O–H groups in total. The first-order valence-electron chi connectivity index (χ1n) is 5.28. The highest BCUT2D eigenvalue weighted by Crippen LogP contribution is 2.28. The quantitative estimate of drug-likeness (QED) is 0.475. The number of nitrogens with zero attached hydrogens (tertiary/aromatic N) is 1. The van der Waals surface area contributed by atoms with Gasteiger partial charge in [0.2, 0.25) is 0 Å². The number of alkyl halides is 3. The topological polar surface area (TPSA) is 66.4 Å². The average Bonchev–Trinajstić information content (AvgIpc) is 2.26. The number of para-hydroxylation sites is 2. The zero-order valence-electron chi connectivity index (χ0n) is 11.4. The number of benzene rings is 1. The number of quaternary nitrogens is 1. The zero-order chi connectivity index (χ0) is 16.2. The molecular formula is C11H16F3NO4S. The van der Waals surface area contributed by atoms with Gasteiger partial charge in [-0.1, -0.05) is 12.1 Å². The second-order valence-corrected chi connectivity index (χ2v) is 5.96. The molecule has 0 unspecified atom stereocenters. The fourth-order valence-electron chi connectivity index (χ4n) is 1.18. The fourth-order valence-corrected chi connectivity index (χ4v) is 1.18. The van der Waals surface area contributed by atoms with Gasteiger partial charge in [-0.2, -0.15) is 13.2 Å². The maximum absolute atomic E-state index is 10.7. The number of hydrogen-bond acceptors (Lipinski definition) is 4. The van der Waals surface area contributed by atoms with Gasteiger partial charge in [0.15, 0.2) is 21.6 Å². The molecule has 0 amide bonds. The summed E-state index contributed by atoms with van der Waals surface area (Å²) in [6, 6.07) is 8.08. The summed E-state index contributed by atoms with van der Waals surface area (Å²) in [4.78, 5) is 0. The lowest BCUT2D eigenvalue weighted by Crippen LogP contribution is -2.35. The van der Waals surface area contributed by atoms with E-state index < -0.39 is 15.6 Å². The summed E-state index contributed by atoms with van der Waals surface area (Å²) in [6.45, 7) is 0. The molecular weight excluding hydrogens is 299 g/mol. The van der Waals surface area contributed by atoms with Gasteiger partial charge < -0.3 is 9.29 Å². The SMILES string of the molecule is COc1ccccc1[N+](C)(C)C.O=S(=O)([O-])C(F)(F)F. The van der Waals surface area contributed by atoms with Crippen molar-refractivity contribution in [3.05, 3.63) is 24.3 Å². The Morgan fingerprint density at radius 1 is 1.15 bits per heavy atom. The Morgan fingerprint density at radius 2 is 1.55 bits per heavy atom. The molecule has 0 atom stereocenters. The van der Waals surface area contributed by atoms with Crippen molar-refractivity contribution in [2.75, 3.05) is 28.3 Å². The lowest BCUT2D eigenvalue weighted by atomic mass is 10.2. The smallest absolute Gasteiger partial charge is 0.485 e. The van der Waals surface area contributed by atoms with Gasteiger partial charge in [-0.15, -0.1) is 0 Å². The molecule has 0 heterocycles. The van der Waals surface area contributed by atoms with E-state index in [4.69, 9.17) is 17.7 Å². The van der Waals surface area contributed by atoms with Gasteiger partial charge in [0.05, 0.1) is 28.3 Å². The van der Waals surface area contributed by atoms with Crippen LogP contribution in [0.2, 0.25) is 0 Å². The summed E-state index contributed by atoms with van der Waals surface area (Å²) < 4.78 is 64.9. The van der Waals surface area contributed by atoms with Crippen molar-refractivity contribution < 1.29 is 30.9 Å². The van der Waals surface area contributed by atoms with E-state index >= 15 is 0 Å². The third-order valence-corrected chi connectivity index (χ3v) is 2.66. The van der Waals surface area contributed by atoms with Gasteiger partial charge in [0, 0.05) is 6.07 Å². The third kappa shape index (κ3) is 5.76. The van der Waals surface area contributed by atoms with Crippen molar-refractivity contribution in [3.63, 3.8) is 0 Å². The van der Waals surface area contributed by atoms with Crippen molar-refractivity contribution in [2.24, 2.45) is 0 Å². The molecule has 1 aromatic rings. The van der Waals surface area contributed by atoms with Crippen LogP contribution in [-0.4, -0.2) is 46.7 Å². The Bertz CT molecular complexity index is 535. The molecule has 0 aliphatic carbocycles. The van der Waals surface area contributed by atoms with Crippen LogP contribution < -0.4 is 9.22 Å². The highest BCUT2D eigenvalue weighted by molar-refractivity contribution is 7.86. The van der Waals surface area contributed by atoms with Crippen LogP contribution in [0.25, 0.3) is 0 Å². The Morgan fingerprint density at radius 3 is 1.80 bits per heavy atom. The predicted octanol–water partition coefficient (Wildman–Crippen LogP) is 1.94. The Hall–Kier alpha value is -1.32. The summed E-state index contributed by atoms with van der Waals surface area (Å²) in [5.41, 5.74) is -4.45. The van der Waals surface area contributed by atoms with Crippen molar-refractivity contribution >= 4 is 15.8 Å². The van der Waals surface area contributed by atoms with Crippen LogP contribution in [0.1, 0.15) is 0 Å². The average molecular weight is 315 g/mol. The van der Waals surface area contributed by atoms with Crippen molar-refractivity contribution in [3.8, 4) is 5.75 Å². The van der Waals surface area contributed by atoms with Crippen molar-refractivity contribution in [1.82, 2.24) is 4.48 Å². The van der Waals surface area contributed by atoms with Gasteiger partial charge in [0.1, 0.15) is 0 Å². The molecule has 20 heavy (non-hydrogen) atoms. The number of halogens is 3. The summed E-state index contributed by atoms with van der Waals surface area (Å²) in [7, 11) is 1.98. The van der Waals surface area contributed by atoms with E-state index in [0.717, 1.165) is 10.2 Å². The molecule has 0 spiro atoms. The highest BCUT2D eigenvalue weighted by Gasteiger charge is 2.36. The van der Waals surface area contributed by atoms with E-state index in [1.165, 1.54) is 5.69 Å². The summed E-state index contributed by atoms with van der Waals surface area (Å²) in [5.74, 6) is 0.949. The third-order valence-electron chi connectivity index (χ3n) is 2.09. The monoisotopic (exact) mass is 315 g/mol. The molecule has 9 heteroatoms.